The first kappa shape index (κ1) is 18.2. The summed E-state index contributed by atoms with van der Waals surface area (Å²) in [6.07, 6.45) is 0.413. The number of hydrogen-bond donors (Lipinski definition) is 1. The van der Waals surface area contributed by atoms with Crippen molar-refractivity contribution >= 4 is 18.3 Å². The van der Waals surface area contributed by atoms with E-state index in [0.717, 1.165) is 11.1 Å². The Bertz CT molecular complexity index is 584. The maximum atomic E-state index is 12.1. The van der Waals surface area contributed by atoms with Crippen LogP contribution in [0, 0.1) is 0 Å². The predicted molar refractivity (Wildman–Crippen MR) is 94.1 cm³/mol. The van der Waals surface area contributed by atoms with Gasteiger partial charge in [0.25, 0.3) is 0 Å². The van der Waals surface area contributed by atoms with Crippen LogP contribution in [0.25, 0.3) is 11.1 Å². The smallest absolute Gasteiger partial charge is 0.227 e. The van der Waals surface area contributed by atoms with Crippen LogP contribution < -0.4 is 5.73 Å². The van der Waals surface area contributed by atoms with E-state index in [0.29, 0.717) is 13.0 Å². The number of likely N-dealkylation sites (N-methyl/N-ethyl adjacent to an activating group) is 1. The second-order valence-corrected chi connectivity index (χ2v) is 5.33. The largest absolute Gasteiger partial charge is 0.341 e. The molecule has 0 spiro atoms. The first-order chi connectivity index (χ1) is 10.1. The minimum atomic E-state index is 0. The van der Waals surface area contributed by atoms with Crippen molar-refractivity contribution in [2.45, 2.75) is 19.4 Å². The van der Waals surface area contributed by atoms with Gasteiger partial charge < -0.3 is 10.6 Å². The molecule has 118 valence electrons. The average Bonchev–Trinajstić information content (AvgIpc) is 2.54. The van der Waals surface area contributed by atoms with Crippen LogP contribution in [0.4, 0.5) is 0 Å². The molecule has 0 saturated carbocycles. The van der Waals surface area contributed by atoms with Crippen LogP contribution in [0.1, 0.15) is 12.5 Å². The van der Waals surface area contributed by atoms with Gasteiger partial charge in [0, 0.05) is 19.6 Å². The summed E-state index contributed by atoms with van der Waals surface area (Å²) < 4.78 is 0. The molecular formula is C18H23ClN2O. The number of halogens is 1. The Morgan fingerprint density at radius 1 is 1.05 bits per heavy atom. The number of rotatable bonds is 5. The Kier molecular flexibility index (Phi) is 7.09. The van der Waals surface area contributed by atoms with E-state index in [1.807, 2.05) is 37.3 Å². The molecule has 2 rings (SSSR count). The lowest BCUT2D eigenvalue weighted by Gasteiger charge is -2.23. The number of benzene rings is 2. The van der Waals surface area contributed by atoms with Crippen molar-refractivity contribution in [3.8, 4) is 11.1 Å². The standard InChI is InChI=1S/C18H22N2O.ClH/c1-14(13-19)20(2)18(21)12-15-8-10-17(11-9-15)16-6-4-3-5-7-16;/h3-11,14H,12-13,19H2,1-2H3;1H. The summed E-state index contributed by atoms with van der Waals surface area (Å²) >= 11 is 0. The van der Waals surface area contributed by atoms with Crippen molar-refractivity contribution in [2.75, 3.05) is 13.6 Å². The molecule has 0 radical (unpaired) electrons. The molecule has 0 fully saturated rings. The Hall–Kier alpha value is -1.84. The topological polar surface area (TPSA) is 46.3 Å². The average molecular weight is 319 g/mol. The zero-order chi connectivity index (χ0) is 15.2. The molecule has 1 unspecified atom stereocenters. The first-order valence-corrected chi connectivity index (χ1v) is 7.22. The van der Waals surface area contributed by atoms with Crippen LogP contribution in [0.3, 0.4) is 0 Å². The van der Waals surface area contributed by atoms with Crippen molar-refractivity contribution in [2.24, 2.45) is 5.73 Å². The maximum absolute atomic E-state index is 12.1. The van der Waals surface area contributed by atoms with Crippen LogP contribution in [0.5, 0.6) is 0 Å². The number of nitrogens with zero attached hydrogens (tertiary/aromatic N) is 1. The summed E-state index contributed by atoms with van der Waals surface area (Å²) in [6, 6.07) is 18.4. The number of nitrogens with two attached hydrogens (primary N) is 1. The highest BCUT2D eigenvalue weighted by molar-refractivity contribution is 5.85. The van der Waals surface area contributed by atoms with Gasteiger partial charge in [-0.25, -0.2) is 0 Å². The Morgan fingerprint density at radius 3 is 2.14 bits per heavy atom. The van der Waals surface area contributed by atoms with E-state index >= 15 is 0 Å². The third-order valence-electron chi connectivity index (χ3n) is 3.81. The van der Waals surface area contributed by atoms with Gasteiger partial charge in [-0.2, -0.15) is 0 Å². The minimum Gasteiger partial charge on any atom is -0.341 e. The summed E-state index contributed by atoms with van der Waals surface area (Å²) in [5.41, 5.74) is 8.97. The van der Waals surface area contributed by atoms with E-state index in [4.69, 9.17) is 5.73 Å². The lowest BCUT2D eigenvalue weighted by atomic mass is 10.0. The molecule has 2 aromatic carbocycles. The van der Waals surface area contributed by atoms with E-state index in [1.165, 1.54) is 5.56 Å². The molecule has 0 heterocycles. The van der Waals surface area contributed by atoms with E-state index in [9.17, 15) is 4.79 Å². The second kappa shape index (κ2) is 8.57. The fourth-order valence-corrected chi connectivity index (χ4v) is 2.15. The van der Waals surface area contributed by atoms with Crippen LogP contribution >= 0.6 is 12.4 Å². The van der Waals surface area contributed by atoms with Gasteiger partial charge in [0.05, 0.1) is 6.42 Å². The van der Waals surface area contributed by atoms with Gasteiger partial charge in [-0.3, -0.25) is 4.79 Å². The third-order valence-corrected chi connectivity index (χ3v) is 3.81. The number of carbonyl (C=O) groups excluding carboxylic acids is 1. The molecule has 0 aliphatic heterocycles. The van der Waals surface area contributed by atoms with Gasteiger partial charge in [-0.15, -0.1) is 12.4 Å². The third kappa shape index (κ3) is 4.58. The second-order valence-electron chi connectivity index (χ2n) is 5.33. The Labute approximate surface area is 138 Å². The number of amides is 1. The van der Waals surface area contributed by atoms with Crippen molar-refractivity contribution in [3.63, 3.8) is 0 Å². The molecule has 4 heteroatoms. The van der Waals surface area contributed by atoms with Crippen LogP contribution in [0.2, 0.25) is 0 Å². The molecule has 0 bridgehead atoms. The quantitative estimate of drug-likeness (QED) is 0.920. The van der Waals surface area contributed by atoms with Crippen molar-refractivity contribution in [1.29, 1.82) is 0 Å². The van der Waals surface area contributed by atoms with Crippen LogP contribution in [0.15, 0.2) is 54.6 Å². The predicted octanol–water partition coefficient (Wildman–Crippen LogP) is 3.12. The molecule has 1 amide bonds. The summed E-state index contributed by atoms with van der Waals surface area (Å²) in [5, 5.41) is 0. The molecule has 1 atom stereocenters. The van der Waals surface area contributed by atoms with E-state index in [1.54, 1.807) is 11.9 Å². The fourth-order valence-electron chi connectivity index (χ4n) is 2.15. The fraction of sp³-hybridized carbons (Fsp3) is 0.278. The molecular weight excluding hydrogens is 296 g/mol. The first-order valence-electron chi connectivity index (χ1n) is 7.22. The van der Waals surface area contributed by atoms with Crippen LogP contribution in [-0.2, 0) is 11.2 Å². The SMILES string of the molecule is CC(CN)N(C)C(=O)Cc1ccc(-c2ccccc2)cc1.Cl. The molecule has 2 aromatic rings. The maximum Gasteiger partial charge on any atom is 0.227 e. The van der Waals surface area contributed by atoms with Gasteiger partial charge in [0.15, 0.2) is 0 Å². The number of hydrogen-bond acceptors (Lipinski definition) is 2. The molecule has 0 aliphatic carbocycles. The highest BCUT2D eigenvalue weighted by Crippen LogP contribution is 2.19. The van der Waals surface area contributed by atoms with Crippen molar-refractivity contribution in [1.82, 2.24) is 4.90 Å². The lowest BCUT2D eigenvalue weighted by molar-refractivity contribution is -0.130. The van der Waals surface area contributed by atoms with Gasteiger partial charge >= 0.3 is 0 Å². The molecule has 0 saturated heterocycles. The minimum absolute atomic E-state index is 0. The molecule has 2 N–H and O–H groups in total. The summed E-state index contributed by atoms with van der Waals surface area (Å²) in [7, 11) is 1.80. The lowest BCUT2D eigenvalue weighted by Crippen LogP contribution is -2.40. The molecule has 22 heavy (non-hydrogen) atoms. The molecule has 3 nitrogen and oxygen atoms in total. The molecule has 0 aliphatic rings. The molecule has 0 aromatic heterocycles. The zero-order valence-corrected chi connectivity index (χ0v) is 13.8. The van der Waals surface area contributed by atoms with Gasteiger partial charge in [-0.1, -0.05) is 54.6 Å². The summed E-state index contributed by atoms with van der Waals surface area (Å²) in [4.78, 5) is 13.9. The van der Waals surface area contributed by atoms with E-state index < -0.39 is 0 Å². The van der Waals surface area contributed by atoms with Gasteiger partial charge in [-0.05, 0) is 23.6 Å². The monoisotopic (exact) mass is 318 g/mol. The Morgan fingerprint density at radius 2 is 1.59 bits per heavy atom. The van der Waals surface area contributed by atoms with E-state index in [-0.39, 0.29) is 24.4 Å². The normalized spacial score (nSPS) is 11.4. The summed E-state index contributed by atoms with van der Waals surface area (Å²) in [6.45, 7) is 2.44. The highest BCUT2D eigenvalue weighted by Gasteiger charge is 2.14. The van der Waals surface area contributed by atoms with E-state index in [2.05, 4.69) is 24.3 Å². The van der Waals surface area contributed by atoms with Crippen LogP contribution in [-0.4, -0.2) is 30.4 Å². The zero-order valence-electron chi connectivity index (χ0n) is 13.0. The highest BCUT2D eigenvalue weighted by atomic mass is 35.5. The summed E-state index contributed by atoms with van der Waals surface area (Å²) in [5.74, 6) is 0.0976. The Balaban J connectivity index is 0.00000242. The van der Waals surface area contributed by atoms with Crippen molar-refractivity contribution < 1.29 is 4.79 Å². The van der Waals surface area contributed by atoms with Gasteiger partial charge in [0.2, 0.25) is 5.91 Å². The van der Waals surface area contributed by atoms with Gasteiger partial charge in [0.1, 0.15) is 0 Å². The number of carbonyl (C=O) groups is 1. The van der Waals surface area contributed by atoms with Crippen molar-refractivity contribution in [3.05, 3.63) is 60.2 Å².